The normalized spacial score (nSPS) is 54.7. The molecule has 11 unspecified atom stereocenters. The van der Waals surface area contributed by atoms with Gasteiger partial charge in [0.15, 0.2) is 6.29 Å². The molecule has 18 atom stereocenters. The molecule has 2 heterocycles. The molecule has 0 radical (unpaired) electrons. The Bertz CT molecular complexity index is 1450. The van der Waals surface area contributed by atoms with Crippen LogP contribution in [0, 0.1) is 50.2 Å². The van der Waals surface area contributed by atoms with Crippen LogP contribution in [0.25, 0.3) is 0 Å². The first kappa shape index (κ1) is 40.0. The number of hydrogen-bond donors (Lipinski definition) is 8. The second kappa shape index (κ2) is 13.2. The Labute approximate surface area is 312 Å². The number of ether oxygens (including phenoxy) is 4. The molecular formula is C40H64O13. The Morgan fingerprint density at radius 1 is 0.717 bits per heavy atom. The lowest BCUT2D eigenvalue weighted by Crippen LogP contribution is -2.70. The lowest BCUT2D eigenvalue weighted by molar-refractivity contribution is -0.326. The molecule has 0 bridgehead atoms. The Morgan fingerprint density at radius 2 is 1.36 bits per heavy atom. The Balaban J connectivity index is 1.14. The first-order valence-corrected chi connectivity index (χ1v) is 19.8. The Morgan fingerprint density at radius 3 is 2.06 bits per heavy atom. The van der Waals surface area contributed by atoms with E-state index < -0.39 is 89.7 Å². The van der Waals surface area contributed by atoms with Gasteiger partial charge in [0.1, 0.15) is 36.6 Å². The maximum absolute atomic E-state index is 14.6. The van der Waals surface area contributed by atoms with E-state index in [1.807, 2.05) is 13.8 Å². The van der Waals surface area contributed by atoms with Gasteiger partial charge in [-0.25, -0.2) is 0 Å². The second-order valence-electron chi connectivity index (χ2n) is 20.1. The highest BCUT2D eigenvalue weighted by Crippen LogP contribution is 2.76. The van der Waals surface area contributed by atoms with Crippen molar-refractivity contribution in [3.05, 3.63) is 11.6 Å². The molecule has 2 saturated heterocycles. The zero-order chi connectivity index (χ0) is 38.8. The minimum atomic E-state index is -1.67. The van der Waals surface area contributed by atoms with Gasteiger partial charge >= 0.3 is 5.97 Å². The van der Waals surface area contributed by atoms with Crippen LogP contribution in [-0.2, 0) is 23.7 Å². The van der Waals surface area contributed by atoms with Crippen LogP contribution in [0.5, 0.6) is 0 Å². The van der Waals surface area contributed by atoms with E-state index in [1.54, 1.807) is 0 Å². The van der Waals surface area contributed by atoms with E-state index in [0.29, 0.717) is 32.1 Å². The van der Waals surface area contributed by atoms with Crippen molar-refractivity contribution in [2.45, 2.75) is 167 Å². The summed E-state index contributed by atoms with van der Waals surface area (Å²) in [4.78, 5) is 14.6. The van der Waals surface area contributed by atoms with Gasteiger partial charge in [0.2, 0.25) is 6.29 Å². The Kier molecular flexibility index (Phi) is 9.93. The van der Waals surface area contributed by atoms with Gasteiger partial charge in [-0.05, 0) is 96.2 Å². The summed E-state index contributed by atoms with van der Waals surface area (Å²) < 4.78 is 22.8. The summed E-state index contributed by atoms with van der Waals surface area (Å²) in [5.41, 5.74) is -1.57. The van der Waals surface area contributed by atoms with Crippen LogP contribution in [0.2, 0.25) is 0 Å². The van der Waals surface area contributed by atoms with Crippen molar-refractivity contribution in [1.82, 2.24) is 0 Å². The predicted molar refractivity (Wildman–Crippen MR) is 188 cm³/mol. The molecule has 7 rings (SSSR count). The third kappa shape index (κ3) is 5.84. The van der Waals surface area contributed by atoms with Gasteiger partial charge in [0.25, 0.3) is 0 Å². The number of aliphatic hydroxyl groups excluding tert-OH is 8. The number of aliphatic hydroxyl groups is 8. The van der Waals surface area contributed by atoms with Crippen LogP contribution in [0.3, 0.4) is 0 Å². The van der Waals surface area contributed by atoms with E-state index in [4.69, 9.17) is 18.9 Å². The maximum Gasteiger partial charge on any atom is 0.315 e. The second-order valence-corrected chi connectivity index (χ2v) is 20.1. The molecule has 0 aromatic heterocycles. The first-order valence-electron chi connectivity index (χ1n) is 19.8. The van der Waals surface area contributed by atoms with Gasteiger partial charge in [-0.15, -0.1) is 0 Å². The monoisotopic (exact) mass is 752 g/mol. The fourth-order valence-electron chi connectivity index (χ4n) is 13.2. The molecule has 7 aliphatic rings. The standard InChI is InChI=1S/C40H64O13/c1-35(2)10-12-40(34(49)53-33-29(47)27(45)24(18-51-33)52-32-28(46)26(44)23(43)17-50-32)13-11-38(6)19(20(40)14-35)8-9-25-37(5)15-22(42)31(48)36(3,4)30(37)21(41)16-39(25,38)7/h8,20-33,41-48H,9-18H2,1-7H3/t20?,21-,22-,23?,24?,25?,26?,27?,28?,29?,30?,31+,32?,33?,37-,38-,39-,40+/m1/s1. The summed E-state index contributed by atoms with van der Waals surface area (Å²) >= 11 is 0. The fraction of sp³-hybridized carbons (Fsp3) is 0.925. The quantitative estimate of drug-likeness (QED) is 0.151. The number of carbonyl (C=O) groups excluding carboxylic acids is 1. The smallest absolute Gasteiger partial charge is 0.315 e. The predicted octanol–water partition coefficient (Wildman–Crippen LogP) is 1.54. The summed E-state index contributed by atoms with van der Waals surface area (Å²) in [6.45, 7) is 14.6. The highest BCUT2D eigenvalue weighted by atomic mass is 16.7. The molecule has 2 aliphatic heterocycles. The molecule has 0 amide bonds. The molecule has 13 nitrogen and oxygen atoms in total. The van der Waals surface area contributed by atoms with Crippen LogP contribution in [0.1, 0.15) is 99.8 Å². The van der Waals surface area contributed by atoms with Gasteiger partial charge in [0.05, 0.1) is 36.9 Å². The molecule has 13 heteroatoms. The summed E-state index contributed by atoms with van der Waals surface area (Å²) in [7, 11) is 0. The van der Waals surface area contributed by atoms with Crippen molar-refractivity contribution in [2.75, 3.05) is 13.2 Å². The zero-order valence-electron chi connectivity index (χ0n) is 32.4. The van der Waals surface area contributed by atoms with Crippen LogP contribution in [0.4, 0.5) is 0 Å². The number of hydrogen-bond acceptors (Lipinski definition) is 13. The van der Waals surface area contributed by atoms with E-state index in [2.05, 4.69) is 40.7 Å². The topological polar surface area (TPSA) is 216 Å². The third-order valence-corrected chi connectivity index (χ3v) is 16.3. The molecule has 53 heavy (non-hydrogen) atoms. The van der Waals surface area contributed by atoms with Crippen molar-refractivity contribution < 1.29 is 64.6 Å². The molecule has 0 aromatic carbocycles. The zero-order valence-corrected chi connectivity index (χ0v) is 32.4. The van der Waals surface area contributed by atoms with Crippen molar-refractivity contribution in [3.63, 3.8) is 0 Å². The van der Waals surface area contributed by atoms with E-state index in [-0.39, 0.29) is 47.2 Å². The van der Waals surface area contributed by atoms with Crippen LogP contribution < -0.4 is 0 Å². The van der Waals surface area contributed by atoms with E-state index >= 15 is 0 Å². The van der Waals surface area contributed by atoms with Gasteiger partial charge in [-0.2, -0.15) is 0 Å². The number of carbonyl (C=O) groups is 1. The average molecular weight is 753 g/mol. The third-order valence-electron chi connectivity index (χ3n) is 16.3. The van der Waals surface area contributed by atoms with Crippen molar-refractivity contribution in [2.24, 2.45) is 50.2 Å². The average Bonchev–Trinajstić information content (AvgIpc) is 3.07. The maximum atomic E-state index is 14.6. The highest BCUT2D eigenvalue weighted by Gasteiger charge is 2.72. The van der Waals surface area contributed by atoms with Crippen LogP contribution >= 0.6 is 0 Å². The highest BCUT2D eigenvalue weighted by molar-refractivity contribution is 5.79. The molecule has 4 saturated carbocycles. The number of fused-ring (bicyclic) bond motifs is 7. The summed E-state index contributed by atoms with van der Waals surface area (Å²) in [6, 6.07) is 0. The van der Waals surface area contributed by atoms with Gasteiger partial charge in [0, 0.05) is 0 Å². The summed E-state index contributed by atoms with van der Waals surface area (Å²) in [6.07, 6.45) is -6.78. The van der Waals surface area contributed by atoms with Gasteiger partial charge in [-0.1, -0.05) is 60.1 Å². The first-order chi connectivity index (χ1) is 24.5. The largest absolute Gasteiger partial charge is 0.432 e. The van der Waals surface area contributed by atoms with Gasteiger partial charge in [-0.3, -0.25) is 4.79 Å². The molecule has 5 aliphatic carbocycles. The summed E-state index contributed by atoms with van der Waals surface area (Å²) in [5.74, 6) is -0.709. The molecular weight excluding hydrogens is 688 g/mol. The van der Waals surface area contributed by atoms with E-state index in [1.165, 1.54) is 5.57 Å². The van der Waals surface area contributed by atoms with Crippen molar-refractivity contribution in [1.29, 1.82) is 0 Å². The Hall–Kier alpha value is -1.23. The lowest BCUT2D eigenvalue weighted by Gasteiger charge is -2.72. The van der Waals surface area contributed by atoms with E-state index in [0.717, 1.165) is 19.3 Å². The molecule has 0 aromatic rings. The van der Waals surface area contributed by atoms with Crippen molar-refractivity contribution in [3.8, 4) is 0 Å². The van der Waals surface area contributed by atoms with E-state index in [9.17, 15) is 45.6 Å². The minimum absolute atomic E-state index is 0.0565. The molecule has 6 fully saturated rings. The van der Waals surface area contributed by atoms with Gasteiger partial charge < -0.3 is 59.8 Å². The van der Waals surface area contributed by atoms with Crippen molar-refractivity contribution >= 4 is 5.97 Å². The molecule has 0 spiro atoms. The van der Waals surface area contributed by atoms with Crippen LogP contribution in [-0.4, -0.2) is 128 Å². The minimum Gasteiger partial charge on any atom is -0.432 e. The SMILES string of the molecule is CC1(C)CC[C@]2(C(=O)OC3OCC(OC4OCC(O)C(O)C4O)C(O)C3O)CC[C@]3(C)C(=CCC4[C@@]5(C)C[C@@H](O)[C@H](O)C(C)(C)C5[C@H](O)C[C@]43C)C2C1. The number of allylic oxidation sites excluding steroid dienone is 2. The lowest BCUT2D eigenvalue weighted by atomic mass is 9.33. The van der Waals surface area contributed by atoms with Crippen LogP contribution in [0.15, 0.2) is 11.6 Å². The molecule has 302 valence electrons. The fourth-order valence-corrected chi connectivity index (χ4v) is 13.2. The number of rotatable bonds is 4. The molecule has 8 N–H and O–H groups in total. The summed E-state index contributed by atoms with van der Waals surface area (Å²) in [5, 5.41) is 86.6. The number of esters is 1.